The molecule has 6 nitrogen and oxygen atoms in total. The van der Waals surface area contributed by atoms with Crippen LogP contribution in [-0.4, -0.2) is 21.1 Å². The number of hydrogen-bond acceptors (Lipinski definition) is 3. The molecule has 1 aromatic carbocycles. The summed E-state index contributed by atoms with van der Waals surface area (Å²) in [6.07, 6.45) is 0. The van der Waals surface area contributed by atoms with Crippen molar-refractivity contribution < 1.29 is 9.18 Å². The largest absolute Gasteiger partial charge is 0.345 e. The number of aromatic nitrogens is 3. The maximum Gasteiger partial charge on any atom is 0.341 e. The van der Waals surface area contributed by atoms with E-state index in [4.69, 9.17) is 0 Å². The quantitative estimate of drug-likeness (QED) is 0.709. The molecule has 0 fully saturated rings. The van der Waals surface area contributed by atoms with Crippen molar-refractivity contribution in [3.63, 3.8) is 0 Å². The molecule has 0 radical (unpaired) electrons. The first-order valence-corrected chi connectivity index (χ1v) is 4.83. The molecular weight excluding hydrogens is 227 g/mol. The van der Waals surface area contributed by atoms with Crippen LogP contribution in [0.1, 0.15) is 16.2 Å². The van der Waals surface area contributed by atoms with E-state index in [-0.39, 0.29) is 12.4 Å². The van der Waals surface area contributed by atoms with Crippen molar-refractivity contribution in [3.05, 3.63) is 52.0 Å². The van der Waals surface area contributed by atoms with Gasteiger partial charge in [-0.1, -0.05) is 18.2 Å². The average Bonchev–Trinajstić information content (AvgIpc) is 2.74. The van der Waals surface area contributed by atoms with Crippen LogP contribution in [-0.2, 0) is 6.54 Å². The number of carbonyl (C=O) groups excluding carboxylic acids is 1. The van der Waals surface area contributed by atoms with Gasteiger partial charge in [0.15, 0.2) is 0 Å². The Labute approximate surface area is 94.9 Å². The number of hydrogen-bond donors (Lipinski definition) is 3. The van der Waals surface area contributed by atoms with Gasteiger partial charge in [-0.05, 0) is 6.07 Å². The Hall–Kier alpha value is -2.44. The first-order chi connectivity index (χ1) is 8.16. The molecule has 0 aliphatic rings. The van der Waals surface area contributed by atoms with E-state index < -0.39 is 17.4 Å². The van der Waals surface area contributed by atoms with Gasteiger partial charge in [-0.15, -0.1) is 5.10 Å². The normalized spacial score (nSPS) is 10.2. The van der Waals surface area contributed by atoms with Crippen molar-refractivity contribution in [3.8, 4) is 0 Å². The summed E-state index contributed by atoms with van der Waals surface area (Å²) in [7, 11) is 0. The predicted octanol–water partition coefficient (Wildman–Crippen LogP) is 0.167. The number of aromatic amines is 2. The van der Waals surface area contributed by atoms with E-state index in [0.29, 0.717) is 5.56 Å². The van der Waals surface area contributed by atoms with E-state index >= 15 is 0 Å². The number of nitrogens with one attached hydrogen (secondary N) is 3. The highest BCUT2D eigenvalue weighted by atomic mass is 19.1. The summed E-state index contributed by atoms with van der Waals surface area (Å²) in [4.78, 5) is 24.4. The lowest BCUT2D eigenvalue weighted by atomic mass is 10.2. The predicted molar refractivity (Wildman–Crippen MR) is 56.8 cm³/mol. The lowest BCUT2D eigenvalue weighted by molar-refractivity contribution is 0.0940. The zero-order valence-electron chi connectivity index (χ0n) is 8.66. The summed E-state index contributed by atoms with van der Waals surface area (Å²) in [6.45, 7) is 0.0282. The van der Waals surface area contributed by atoms with Gasteiger partial charge >= 0.3 is 5.69 Å². The molecule has 0 atom stereocenters. The fraction of sp³-hybridized carbons (Fsp3) is 0.100. The minimum absolute atomic E-state index is 0.0282. The van der Waals surface area contributed by atoms with E-state index in [2.05, 4.69) is 20.5 Å². The first-order valence-electron chi connectivity index (χ1n) is 4.83. The highest BCUT2D eigenvalue weighted by Crippen LogP contribution is 2.05. The molecule has 0 unspecified atom stereocenters. The molecule has 0 aliphatic carbocycles. The van der Waals surface area contributed by atoms with Gasteiger partial charge in [0.1, 0.15) is 5.82 Å². The number of nitrogens with zero attached hydrogens (tertiary/aromatic N) is 1. The van der Waals surface area contributed by atoms with Crippen molar-refractivity contribution >= 4 is 5.91 Å². The van der Waals surface area contributed by atoms with Crippen LogP contribution in [0, 0.1) is 5.82 Å². The van der Waals surface area contributed by atoms with E-state index in [9.17, 15) is 14.0 Å². The van der Waals surface area contributed by atoms with Crippen LogP contribution < -0.4 is 11.0 Å². The minimum atomic E-state index is -0.577. The third-order valence-electron chi connectivity index (χ3n) is 2.11. The van der Waals surface area contributed by atoms with Gasteiger partial charge < -0.3 is 5.32 Å². The Morgan fingerprint density at radius 3 is 2.82 bits per heavy atom. The van der Waals surface area contributed by atoms with Crippen molar-refractivity contribution in [2.24, 2.45) is 0 Å². The summed E-state index contributed by atoms with van der Waals surface area (Å²) in [6, 6.07) is 6.09. The summed E-state index contributed by atoms with van der Waals surface area (Å²) < 4.78 is 13.2. The number of amides is 1. The van der Waals surface area contributed by atoms with E-state index in [1.807, 2.05) is 0 Å². The summed E-state index contributed by atoms with van der Waals surface area (Å²) in [5.41, 5.74) is -0.209. The minimum Gasteiger partial charge on any atom is -0.345 e. The van der Waals surface area contributed by atoms with Crippen LogP contribution in [0.2, 0.25) is 0 Å². The molecule has 1 amide bonds. The maximum absolute atomic E-state index is 13.2. The van der Waals surface area contributed by atoms with Crippen LogP contribution in [0.25, 0.3) is 0 Å². The zero-order chi connectivity index (χ0) is 12.3. The van der Waals surface area contributed by atoms with Crippen LogP contribution in [0.15, 0.2) is 29.1 Å². The summed E-state index contributed by atoms with van der Waals surface area (Å²) >= 11 is 0. The summed E-state index contributed by atoms with van der Waals surface area (Å²) in [5.74, 6) is -1.11. The fourth-order valence-corrected chi connectivity index (χ4v) is 1.28. The highest BCUT2D eigenvalue weighted by molar-refractivity contribution is 5.90. The second-order valence-electron chi connectivity index (χ2n) is 3.30. The second-order valence-corrected chi connectivity index (χ2v) is 3.30. The Morgan fingerprint density at radius 1 is 1.41 bits per heavy atom. The number of halogens is 1. The first kappa shape index (κ1) is 11.1. The van der Waals surface area contributed by atoms with Gasteiger partial charge in [0.25, 0.3) is 5.91 Å². The third-order valence-corrected chi connectivity index (χ3v) is 2.11. The monoisotopic (exact) mass is 236 g/mol. The number of rotatable bonds is 3. The average molecular weight is 236 g/mol. The molecule has 1 heterocycles. The molecule has 0 aliphatic heterocycles. The summed E-state index contributed by atoms with van der Waals surface area (Å²) in [5, 5.41) is 7.95. The Morgan fingerprint density at radius 2 is 2.18 bits per heavy atom. The second kappa shape index (κ2) is 4.60. The SMILES string of the molecule is O=C(NCc1ccccc1F)c1n[nH]c(=O)[nH]1. The smallest absolute Gasteiger partial charge is 0.341 e. The third kappa shape index (κ3) is 2.57. The lowest BCUT2D eigenvalue weighted by Gasteiger charge is -2.03. The van der Waals surface area contributed by atoms with E-state index in [0.717, 1.165) is 0 Å². The number of benzene rings is 1. The lowest BCUT2D eigenvalue weighted by Crippen LogP contribution is -2.24. The molecule has 3 N–H and O–H groups in total. The van der Waals surface area contributed by atoms with E-state index in [1.54, 1.807) is 18.2 Å². The molecule has 0 bridgehead atoms. The molecule has 0 saturated carbocycles. The number of H-pyrrole nitrogens is 2. The molecule has 2 aromatic rings. The molecule has 88 valence electrons. The Bertz CT molecular complexity index is 590. The van der Waals surface area contributed by atoms with Crippen LogP contribution in [0.3, 0.4) is 0 Å². The van der Waals surface area contributed by atoms with Crippen molar-refractivity contribution in [2.45, 2.75) is 6.54 Å². The standard InChI is InChI=1S/C10H9FN4O2/c11-7-4-2-1-3-6(7)5-12-9(16)8-13-10(17)15-14-8/h1-4H,5H2,(H,12,16)(H2,13,14,15,17). The van der Waals surface area contributed by atoms with Gasteiger partial charge in [0.2, 0.25) is 5.82 Å². The maximum atomic E-state index is 13.2. The Balaban J connectivity index is 2.02. The van der Waals surface area contributed by atoms with Crippen molar-refractivity contribution in [2.75, 3.05) is 0 Å². The fourth-order valence-electron chi connectivity index (χ4n) is 1.28. The van der Waals surface area contributed by atoms with E-state index in [1.165, 1.54) is 6.07 Å². The van der Waals surface area contributed by atoms with Crippen molar-refractivity contribution in [1.82, 2.24) is 20.5 Å². The van der Waals surface area contributed by atoms with Gasteiger partial charge in [-0.2, -0.15) is 0 Å². The molecule has 0 saturated heterocycles. The Kier molecular flexibility index (Phi) is 2.99. The van der Waals surface area contributed by atoms with Crippen LogP contribution in [0.4, 0.5) is 4.39 Å². The molecular formula is C10H9FN4O2. The topological polar surface area (TPSA) is 90.6 Å². The molecule has 0 spiro atoms. The van der Waals surface area contributed by atoms with Gasteiger partial charge in [-0.25, -0.2) is 14.3 Å². The zero-order valence-corrected chi connectivity index (χ0v) is 8.66. The van der Waals surface area contributed by atoms with Crippen molar-refractivity contribution in [1.29, 1.82) is 0 Å². The van der Waals surface area contributed by atoms with Gasteiger partial charge in [0, 0.05) is 12.1 Å². The van der Waals surface area contributed by atoms with Crippen LogP contribution >= 0.6 is 0 Å². The highest BCUT2D eigenvalue weighted by Gasteiger charge is 2.10. The molecule has 7 heteroatoms. The van der Waals surface area contributed by atoms with Gasteiger partial charge in [-0.3, -0.25) is 9.78 Å². The van der Waals surface area contributed by atoms with Crippen LogP contribution in [0.5, 0.6) is 0 Å². The molecule has 2 rings (SSSR count). The molecule has 17 heavy (non-hydrogen) atoms. The number of carbonyl (C=O) groups is 1. The van der Waals surface area contributed by atoms with Gasteiger partial charge in [0.05, 0.1) is 0 Å². The molecule has 1 aromatic heterocycles.